The molecular weight excluding hydrogens is 414 g/mol. The van der Waals surface area contributed by atoms with E-state index in [2.05, 4.69) is 36.2 Å². The van der Waals surface area contributed by atoms with E-state index in [0.717, 1.165) is 24.8 Å². The average Bonchev–Trinajstić information content (AvgIpc) is 2.50. The largest absolute Gasteiger partial charge is 0.481 e. The lowest BCUT2D eigenvalue weighted by atomic mass is 9.47. The second-order valence-corrected chi connectivity index (χ2v) is 12.4. The van der Waals surface area contributed by atoms with Gasteiger partial charge in [-0.15, -0.1) is 0 Å². The maximum Gasteiger partial charge on any atom is 0.481 e. The Labute approximate surface area is 174 Å². The Morgan fingerprint density at radius 2 is 1.90 bits per heavy atom. The Hall–Kier alpha value is -0.260. The van der Waals surface area contributed by atoms with Gasteiger partial charge in [0.1, 0.15) is 0 Å². The third-order valence-corrected chi connectivity index (χ3v) is 9.18. The quantitative estimate of drug-likeness (QED) is 0.319. The lowest BCUT2D eigenvalue weighted by Gasteiger charge is -2.58. The van der Waals surface area contributed by atoms with Crippen LogP contribution in [0.4, 0.5) is 0 Å². The number of allylic oxidation sites excluding steroid dienone is 2. The van der Waals surface area contributed by atoms with Crippen LogP contribution in [-0.2, 0) is 18.0 Å². The predicted octanol–water partition coefficient (Wildman–Crippen LogP) is 5.74. The molecule has 9 heteroatoms. The molecule has 4 atom stereocenters. The summed E-state index contributed by atoms with van der Waals surface area (Å²) in [7, 11) is -9.88. The number of hydrogen-bond acceptors (Lipinski definition) is 4. The fourth-order valence-electron chi connectivity index (χ4n) is 5.71. The standard InChI is InChI=1S/C20H36O7P2/c1-15(11-14-26-29(24,25)27-28(21,22)23)7-9-17-16(2)8-10-18-19(3,4)12-6-13-20(17,18)5/h11,17-18H,2,6-10,12-14H2,1,3-5H3,(H,24,25)(H2,21,22,23)/b15-11-/t17-,18-,20-/m0/s1. The maximum atomic E-state index is 11.5. The molecule has 2 aliphatic carbocycles. The highest BCUT2D eigenvalue weighted by molar-refractivity contribution is 7.60. The highest BCUT2D eigenvalue weighted by atomic mass is 31.3. The first kappa shape index (κ1) is 25.0. The lowest BCUT2D eigenvalue weighted by Crippen LogP contribution is -2.49. The first-order chi connectivity index (χ1) is 13.2. The summed E-state index contributed by atoms with van der Waals surface area (Å²) in [6, 6.07) is 0. The van der Waals surface area contributed by atoms with Gasteiger partial charge in [-0.1, -0.05) is 51.0 Å². The van der Waals surface area contributed by atoms with Crippen molar-refractivity contribution in [1.82, 2.24) is 0 Å². The van der Waals surface area contributed by atoms with Crippen molar-refractivity contribution in [2.75, 3.05) is 6.61 Å². The third-order valence-electron chi connectivity index (χ3n) is 7.03. The molecule has 0 amide bonds. The average molecular weight is 450 g/mol. The lowest BCUT2D eigenvalue weighted by molar-refractivity contribution is -0.0539. The molecule has 0 aromatic rings. The second kappa shape index (κ2) is 9.08. The van der Waals surface area contributed by atoms with E-state index in [0.29, 0.717) is 17.3 Å². The summed E-state index contributed by atoms with van der Waals surface area (Å²) in [5, 5.41) is 0. The van der Waals surface area contributed by atoms with Crippen LogP contribution in [0.2, 0.25) is 0 Å². The van der Waals surface area contributed by atoms with E-state index in [9.17, 15) is 14.0 Å². The van der Waals surface area contributed by atoms with Crippen molar-refractivity contribution in [2.24, 2.45) is 22.7 Å². The van der Waals surface area contributed by atoms with Crippen molar-refractivity contribution in [1.29, 1.82) is 0 Å². The molecule has 2 saturated carbocycles. The van der Waals surface area contributed by atoms with E-state index < -0.39 is 15.6 Å². The van der Waals surface area contributed by atoms with E-state index in [1.807, 2.05) is 6.92 Å². The van der Waals surface area contributed by atoms with E-state index in [-0.39, 0.29) is 12.0 Å². The highest BCUT2D eigenvalue weighted by Crippen LogP contribution is 2.62. The molecule has 1 unspecified atom stereocenters. The van der Waals surface area contributed by atoms with Gasteiger partial charge >= 0.3 is 15.6 Å². The normalized spacial score (nSPS) is 32.5. The molecule has 29 heavy (non-hydrogen) atoms. The van der Waals surface area contributed by atoms with Gasteiger partial charge in [0, 0.05) is 0 Å². The molecular formula is C20H36O7P2. The van der Waals surface area contributed by atoms with Crippen LogP contribution in [0, 0.1) is 22.7 Å². The second-order valence-electron chi connectivity index (χ2n) is 9.58. The van der Waals surface area contributed by atoms with Crippen LogP contribution in [-0.4, -0.2) is 21.3 Å². The van der Waals surface area contributed by atoms with Gasteiger partial charge < -0.3 is 14.7 Å². The molecule has 0 bridgehead atoms. The van der Waals surface area contributed by atoms with E-state index in [1.165, 1.54) is 31.3 Å². The number of rotatable bonds is 8. The van der Waals surface area contributed by atoms with Crippen molar-refractivity contribution in [3.8, 4) is 0 Å². The molecule has 3 N–H and O–H groups in total. The summed E-state index contributed by atoms with van der Waals surface area (Å²) >= 11 is 0. The first-order valence-electron chi connectivity index (χ1n) is 10.2. The van der Waals surface area contributed by atoms with Crippen molar-refractivity contribution in [2.45, 2.75) is 72.6 Å². The molecule has 0 spiro atoms. The van der Waals surface area contributed by atoms with Crippen LogP contribution in [0.3, 0.4) is 0 Å². The molecule has 0 radical (unpaired) electrons. The van der Waals surface area contributed by atoms with Crippen LogP contribution in [0.5, 0.6) is 0 Å². The zero-order chi connectivity index (χ0) is 22.1. The molecule has 2 fully saturated rings. The van der Waals surface area contributed by atoms with Crippen LogP contribution < -0.4 is 0 Å². The summed E-state index contributed by atoms with van der Waals surface area (Å²) in [6.45, 7) is 13.3. The number of phosphoric ester groups is 1. The third kappa shape index (κ3) is 6.61. The molecule has 0 aliphatic heterocycles. The minimum Gasteiger partial charge on any atom is -0.302 e. The maximum absolute atomic E-state index is 11.5. The summed E-state index contributed by atoms with van der Waals surface area (Å²) < 4.78 is 30.6. The van der Waals surface area contributed by atoms with E-state index in [4.69, 9.17) is 9.79 Å². The van der Waals surface area contributed by atoms with Gasteiger partial charge in [0.15, 0.2) is 0 Å². The fraction of sp³-hybridized carbons (Fsp3) is 0.800. The first-order valence-corrected chi connectivity index (χ1v) is 13.3. The van der Waals surface area contributed by atoms with Crippen LogP contribution in [0.1, 0.15) is 72.6 Å². The number of phosphoric acid groups is 2. The van der Waals surface area contributed by atoms with Crippen LogP contribution >= 0.6 is 15.6 Å². The molecule has 0 heterocycles. The summed E-state index contributed by atoms with van der Waals surface area (Å²) in [6.07, 6.45) is 9.48. The monoisotopic (exact) mass is 450 g/mol. The molecule has 168 valence electrons. The molecule has 0 aromatic heterocycles. The number of hydrogen-bond donors (Lipinski definition) is 3. The van der Waals surface area contributed by atoms with Crippen molar-refractivity contribution >= 4 is 15.6 Å². The summed E-state index contributed by atoms with van der Waals surface area (Å²) in [5.41, 5.74) is 2.94. The van der Waals surface area contributed by atoms with Gasteiger partial charge in [-0.3, -0.25) is 4.52 Å². The van der Waals surface area contributed by atoms with E-state index in [1.54, 1.807) is 6.08 Å². The fourth-order valence-corrected chi connectivity index (χ4v) is 7.24. The SMILES string of the molecule is C=C1CC[C@H]2C(C)(C)CCC[C@@]2(C)[C@H]1CC/C(C)=C\COP(=O)(O)OP(=O)(O)O. The van der Waals surface area contributed by atoms with E-state index >= 15 is 0 Å². The topological polar surface area (TPSA) is 113 Å². The Morgan fingerprint density at radius 1 is 1.24 bits per heavy atom. The number of fused-ring (bicyclic) bond motifs is 1. The van der Waals surface area contributed by atoms with Gasteiger partial charge in [-0.25, -0.2) is 9.13 Å². The molecule has 2 aliphatic rings. The Balaban J connectivity index is 1.97. The molecule has 7 nitrogen and oxygen atoms in total. The van der Waals surface area contributed by atoms with Gasteiger partial charge in [0.25, 0.3) is 0 Å². The van der Waals surface area contributed by atoms with Crippen molar-refractivity contribution in [3.05, 3.63) is 23.8 Å². The zero-order valence-electron chi connectivity index (χ0n) is 18.0. The Bertz CT molecular complexity index is 739. The highest BCUT2D eigenvalue weighted by Gasteiger charge is 2.52. The molecule has 2 rings (SSSR count). The minimum absolute atomic E-state index is 0.252. The van der Waals surface area contributed by atoms with Crippen LogP contribution in [0.25, 0.3) is 0 Å². The molecule has 0 aromatic carbocycles. The minimum atomic E-state index is -5.09. The van der Waals surface area contributed by atoms with Gasteiger partial charge in [0.05, 0.1) is 6.61 Å². The predicted molar refractivity (Wildman–Crippen MR) is 113 cm³/mol. The summed E-state index contributed by atoms with van der Waals surface area (Å²) in [5.74, 6) is 1.14. The van der Waals surface area contributed by atoms with Gasteiger partial charge in [0.2, 0.25) is 0 Å². The molecule has 0 saturated heterocycles. The Morgan fingerprint density at radius 3 is 2.52 bits per heavy atom. The Kier molecular flexibility index (Phi) is 7.83. The summed E-state index contributed by atoms with van der Waals surface area (Å²) in [4.78, 5) is 26.6. The van der Waals surface area contributed by atoms with Crippen LogP contribution in [0.15, 0.2) is 23.8 Å². The zero-order valence-corrected chi connectivity index (χ0v) is 19.8. The van der Waals surface area contributed by atoms with Crippen molar-refractivity contribution in [3.63, 3.8) is 0 Å². The van der Waals surface area contributed by atoms with Gasteiger partial charge in [-0.05, 0) is 68.1 Å². The van der Waals surface area contributed by atoms with Crippen molar-refractivity contribution < 1.29 is 32.6 Å². The van der Waals surface area contributed by atoms with Gasteiger partial charge in [-0.2, -0.15) is 4.31 Å². The smallest absolute Gasteiger partial charge is 0.302 e.